The van der Waals surface area contributed by atoms with Gasteiger partial charge in [0.1, 0.15) is 5.69 Å². The van der Waals surface area contributed by atoms with E-state index in [9.17, 15) is 13.6 Å². The number of aromatic nitrogens is 3. The summed E-state index contributed by atoms with van der Waals surface area (Å²) >= 11 is 0. The molecule has 2 atom stereocenters. The van der Waals surface area contributed by atoms with Crippen LogP contribution in [0.2, 0.25) is 0 Å². The van der Waals surface area contributed by atoms with E-state index in [1.165, 1.54) is 0 Å². The molecule has 3 aromatic rings. The summed E-state index contributed by atoms with van der Waals surface area (Å²) in [4.78, 5) is 18.0. The summed E-state index contributed by atoms with van der Waals surface area (Å²) in [7, 11) is 0. The maximum atomic E-state index is 14.2. The second-order valence-corrected chi connectivity index (χ2v) is 9.03. The Hall–Kier alpha value is -2.74. The molecule has 2 aliphatic carbocycles. The minimum Gasteiger partial charge on any atom is -0.353 e. The summed E-state index contributed by atoms with van der Waals surface area (Å²) in [5.74, 6) is -3.18. The van der Waals surface area contributed by atoms with Gasteiger partial charge in [0.25, 0.3) is 11.8 Å². The summed E-state index contributed by atoms with van der Waals surface area (Å²) in [5, 5.41) is 11.6. The molecule has 6 rings (SSSR count). The van der Waals surface area contributed by atoms with Gasteiger partial charge in [0.15, 0.2) is 0 Å². The van der Waals surface area contributed by atoms with Gasteiger partial charge in [-0.3, -0.25) is 9.89 Å². The van der Waals surface area contributed by atoms with E-state index in [0.29, 0.717) is 37.2 Å². The molecule has 2 fully saturated rings. The van der Waals surface area contributed by atoms with Crippen LogP contribution in [-0.4, -0.2) is 58.1 Å². The molecule has 3 aliphatic rings. The number of carbonyl (C=O) groups is 1. The van der Waals surface area contributed by atoms with Gasteiger partial charge in [0.05, 0.1) is 5.69 Å². The normalized spacial score (nSPS) is 27.0. The molecule has 3 heterocycles. The van der Waals surface area contributed by atoms with Crippen molar-refractivity contribution in [2.75, 3.05) is 26.2 Å². The second kappa shape index (κ2) is 5.91. The summed E-state index contributed by atoms with van der Waals surface area (Å²) < 4.78 is 28.4. The van der Waals surface area contributed by atoms with E-state index in [2.05, 4.69) is 20.5 Å². The minimum absolute atomic E-state index is 0.0357. The first-order chi connectivity index (χ1) is 14.4. The molecule has 6 nitrogen and oxygen atoms in total. The first-order valence-corrected chi connectivity index (χ1v) is 10.5. The highest BCUT2D eigenvalue weighted by atomic mass is 19.3. The van der Waals surface area contributed by atoms with Crippen molar-refractivity contribution in [3.8, 4) is 11.4 Å². The highest BCUT2D eigenvalue weighted by molar-refractivity contribution is 5.99. The van der Waals surface area contributed by atoms with Gasteiger partial charge >= 0.3 is 0 Å². The number of fused-ring (bicyclic) bond motifs is 3. The van der Waals surface area contributed by atoms with E-state index < -0.39 is 17.3 Å². The molecule has 30 heavy (non-hydrogen) atoms. The Morgan fingerprint density at radius 2 is 2.03 bits per heavy atom. The van der Waals surface area contributed by atoms with Crippen LogP contribution in [0.15, 0.2) is 24.3 Å². The molecule has 1 saturated heterocycles. The van der Waals surface area contributed by atoms with Crippen LogP contribution in [0.25, 0.3) is 22.3 Å². The summed E-state index contributed by atoms with van der Waals surface area (Å²) in [6.45, 7) is 4.71. The van der Waals surface area contributed by atoms with Crippen LogP contribution in [0, 0.1) is 11.3 Å². The zero-order valence-corrected chi connectivity index (χ0v) is 16.7. The van der Waals surface area contributed by atoms with E-state index >= 15 is 0 Å². The van der Waals surface area contributed by atoms with Crippen LogP contribution < -0.4 is 5.32 Å². The lowest BCUT2D eigenvalue weighted by Gasteiger charge is -2.27. The van der Waals surface area contributed by atoms with Crippen molar-refractivity contribution in [1.82, 2.24) is 25.4 Å². The maximum absolute atomic E-state index is 14.2. The van der Waals surface area contributed by atoms with E-state index in [4.69, 9.17) is 0 Å². The number of piperazine rings is 1. The number of H-pyrrole nitrogens is 2. The standard InChI is InChI=1S/C22H23F2N5O/c1-21-11-17-14(10-18(21)22(21,23)24)19(28-27-17)16-9-13-8-12(2-3-15(13)26-16)20(30)29-6-4-25-5-7-29/h2-3,8-9,18,25-26H,4-7,10-11H2,1H3,(H,27,28)/t18-,21+/m0/s1. The quantitative estimate of drug-likeness (QED) is 0.607. The third-order valence-corrected chi connectivity index (χ3v) is 7.32. The van der Waals surface area contributed by atoms with Crippen LogP contribution >= 0.6 is 0 Å². The molecular weight excluding hydrogens is 388 g/mol. The van der Waals surface area contributed by atoms with E-state index in [1.807, 2.05) is 29.2 Å². The van der Waals surface area contributed by atoms with Gasteiger partial charge in [-0.1, -0.05) is 6.92 Å². The minimum atomic E-state index is -2.61. The number of nitrogens with zero attached hydrogens (tertiary/aromatic N) is 2. The molecule has 0 radical (unpaired) electrons. The Morgan fingerprint density at radius 3 is 2.83 bits per heavy atom. The number of hydrogen-bond acceptors (Lipinski definition) is 3. The molecule has 3 N–H and O–H groups in total. The fraction of sp³-hybridized carbons (Fsp3) is 0.455. The number of amides is 1. The number of halogens is 2. The molecular formula is C22H23F2N5O. The van der Waals surface area contributed by atoms with Crippen LogP contribution in [0.3, 0.4) is 0 Å². The molecule has 2 aromatic heterocycles. The van der Waals surface area contributed by atoms with Crippen LogP contribution in [0.5, 0.6) is 0 Å². The Balaban J connectivity index is 1.32. The van der Waals surface area contributed by atoms with Gasteiger partial charge in [-0.25, -0.2) is 8.78 Å². The third kappa shape index (κ3) is 2.37. The lowest BCUT2D eigenvalue weighted by molar-refractivity contribution is 0.0631. The molecule has 0 spiro atoms. The van der Waals surface area contributed by atoms with Crippen molar-refractivity contribution < 1.29 is 13.6 Å². The van der Waals surface area contributed by atoms with E-state index in [0.717, 1.165) is 40.9 Å². The number of hydrogen-bond donors (Lipinski definition) is 3. The van der Waals surface area contributed by atoms with Crippen LogP contribution in [0.4, 0.5) is 8.78 Å². The first-order valence-electron chi connectivity index (χ1n) is 10.5. The molecule has 1 amide bonds. The molecule has 0 unspecified atom stereocenters. The maximum Gasteiger partial charge on any atom is 0.258 e. The van der Waals surface area contributed by atoms with Crippen molar-refractivity contribution in [1.29, 1.82) is 0 Å². The number of alkyl halides is 2. The molecule has 156 valence electrons. The second-order valence-electron chi connectivity index (χ2n) is 9.03. The van der Waals surface area contributed by atoms with Gasteiger partial charge in [0, 0.05) is 71.7 Å². The number of rotatable bonds is 2. The Kier molecular flexibility index (Phi) is 3.56. The van der Waals surface area contributed by atoms with Crippen molar-refractivity contribution in [3.63, 3.8) is 0 Å². The molecule has 1 aliphatic heterocycles. The zero-order valence-electron chi connectivity index (χ0n) is 16.7. The average molecular weight is 411 g/mol. The summed E-state index contributed by atoms with van der Waals surface area (Å²) in [5.41, 5.74) is 3.82. The van der Waals surface area contributed by atoms with Gasteiger partial charge < -0.3 is 15.2 Å². The summed E-state index contributed by atoms with van der Waals surface area (Å²) in [6, 6.07) is 7.59. The fourth-order valence-corrected chi connectivity index (χ4v) is 5.27. The first kappa shape index (κ1) is 18.1. The lowest BCUT2D eigenvalue weighted by Crippen LogP contribution is -2.46. The predicted molar refractivity (Wildman–Crippen MR) is 109 cm³/mol. The van der Waals surface area contributed by atoms with E-state index in [1.54, 1.807) is 6.92 Å². The fourth-order valence-electron chi connectivity index (χ4n) is 5.27. The largest absolute Gasteiger partial charge is 0.353 e. The highest BCUT2D eigenvalue weighted by Gasteiger charge is 2.78. The van der Waals surface area contributed by atoms with Crippen molar-refractivity contribution in [3.05, 3.63) is 41.1 Å². The Morgan fingerprint density at radius 1 is 1.23 bits per heavy atom. The molecule has 8 heteroatoms. The SMILES string of the molecule is C[C@@]12Cc3[nH]nc(-c4cc5cc(C(=O)N6CCNCC6)ccc5[nH]4)c3C[C@@H]1C2(F)F. The van der Waals surface area contributed by atoms with E-state index in [-0.39, 0.29) is 5.91 Å². The van der Waals surface area contributed by atoms with Crippen molar-refractivity contribution in [2.24, 2.45) is 11.3 Å². The zero-order chi connectivity index (χ0) is 20.7. The average Bonchev–Trinajstić information content (AvgIpc) is 3.15. The summed E-state index contributed by atoms with van der Waals surface area (Å²) in [6.07, 6.45) is 0.670. The van der Waals surface area contributed by atoms with Crippen molar-refractivity contribution in [2.45, 2.75) is 25.7 Å². The van der Waals surface area contributed by atoms with Gasteiger partial charge in [-0.2, -0.15) is 5.10 Å². The molecule has 1 saturated carbocycles. The monoisotopic (exact) mass is 411 g/mol. The highest BCUT2D eigenvalue weighted by Crippen LogP contribution is 2.70. The van der Waals surface area contributed by atoms with Gasteiger partial charge in [-0.05, 0) is 30.7 Å². The van der Waals surface area contributed by atoms with Crippen LogP contribution in [-0.2, 0) is 12.8 Å². The molecule has 1 aromatic carbocycles. The number of nitrogens with one attached hydrogen (secondary N) is 3. The number of benzene rings is 1. The number of carbonyl (C=O) groups excluding carboxylic acids is 1. The van der Waals surface area contributed by atoms with Crippen molar-refractivity contribution >= 4 is 16.8 Å². The lowest BCUT2D eigenvalue weighted by atomic mass is 9.87. The molecule has 0 bridgehead atoms. The smallest absolute Gasteiger partial charge is 0.258 e. The predicted octanol–water partition coefficient (Wildman–Crippen LogP) is 2.97. The Bertz CT molecular complexity index is 1180. The Labute approximate surface area is 172 Å². The van der Waals surface area contributed by atoms with Gasteiger partial charge in [-0.15, -0.1) is 0 Å². The van der Waals surface area contributed by atoms with Gasteiger partial charge in [0.2, 0.25) is 0 Å². The number of aromatic amines is 2. The topological polar surface area (TPSA) is 76.8 Å². The third-order valence-electron chi connectivity index (χ3n) is 7.32. The van der Waals surface area contributed by atoms with Crippen LogP contribution in [0.1, 0.15) is 28.5 Å².